The largest absolute Gasteiger partial charge is 0.493 e. The van der Waals surface area contributed by atoms with E-state index in [9.17, 15) is 4.79 Å². The second-order valence-corrected chi connectivity index (χ2v) is 8.00. The van der Waals surface area contributed by atoms with E-state index in [-0.39, 0.29) is 5.97 Å². The summed E-state index contributed by atoms with van der Waals surface area (Å²) in [5.74, 6) is 0.576. The van der Waals surface area contributed by atoms with Crippen molar-refractivity contribution < 1.29 is 14.3 Å². The van der Waals surface area contributed by atoms with Crippen molar-refractivity contribution in [1.29, 1.82) is 0 Å². The number of fused-ring (bicyclic) bond motifs is 1. The predicted molar refractivity (Wildman–Crippen MR) is 136 cm³/mol. The van der Waals surface area contributed by atoms with E-state index in [0.29, 0.717) is 12.2 Å². The van der Waals surface area contributed by atoms with Crippen molar-refractivity contribution in [1.82, 2.24) is 0 Å². The zero-order valence-electron chi connectivity index (χ0n) is 19.1. The van der Waals surface area contributed by atoms with Crippen LogP contribution in [0.2, 0.25) is 0 Å². The summed E-state index contributed by atoms with van der Waals surface area (Å²) < 4.78 is 11.2. The molecule has 0 aliphatic heterocycles. The van der Waals surface area contributed by atoms with Crippen LogP contribution < -0.4 is 4.74 Å². The number of carbonyl (C=O) groups excluding carboxylic acids is 1. The number of benzene rings is 4. The van der Waals surface area contributed by atoms with Crippen molar-refractivity contribution in [2.45, 2.75) is 19.8 Å². The highest BCUT2D eigenvalue weighted by Crippen LogP contribution is 2.30. The van der Waals surface area contributed by atoms with E-state index < -0.39 is 0 Å². The number of allylic oxidation sites excluding steroid dienone is 1. The summed E-state index contributed by atoms with van der Waals surface area (Å²) in [6, 6.07) is 30.3. The van der Waals surface area contributed by atoms with Gasteiger partial charge in [0.2, 0.25) is 0 Å². The van der Waals surface area contributed by atoms with Crippen LogP contribution in [-0.4, -0.2) is 19.7 Å². The van der Waals surface area contributed by atoms with E-state index in [2.05, 4.69) is 36.4 Å². The quantitative estimate of drug-likeness (QED) is 0.165. The number of carbonyl (C=O) groups is 1. The Morgan fingerprint density at radius 1 is 0.848 bits per heavy atom. The lowest BCUT2D eigenvalue weighted by molar-refractivity contribution is 0.0600. The van der Waals surface area contributed by atoms with Gasteiger partial charge >= 0.3 is 5.97 Å². The Morgan fingerprint density at radius 3 is 2.39 bits per heavy atom. The van der Waals surface area contributed by atoms with Gasteiger partial charge in [0, 0.05) is 5.39 Å². The SMILES string of the molecule is COC(=O)c1cccc(C)c1/C(=C\c1ccccc1)CCCOc1cccc2ccccc12. The lowest BCUT2D eigenvalue weighted by atomic mass is 9.90. The molecule has 4 aromatic carbocycles. The summed E-state index contributed by atoms with van der Waals surface area (Å²) in [5, 5.41) is 2.29. The third-order valence-corrected chi connectivity index (χ3v) is 5.74. The molecule has 0 saturated heterocycles. The lowest BCUT2D eigenvalue weighted by Crippen LogP contribution is -2.08. The number of ether oxygens (including phenoxy) is 2. The molecular weight excluding hydrogens is 408 g/mol. The first kappa shape index (κ1) is 22.3. The highest BCUT2D eigenvalue weighted by atomic mass is 16.5. The van der Waals surface area contributed by atoms with Gasteiger partial charge < -0.3 is 9.47 Å². The first-order valence-electron chi connectivity index (χ1n) is 11.2. The molecule has 0 amide bonds. The second-order valence-electron chi connectivity index (χ2n) is 8.00. The molecule has 0 spiro atoms. The van der Waals surface area contributed by atoms with Crippen molar-refractivity contribution in [2.24, 2.45) is 0 Å². The van der Waals surface area contributed by atoms with Crippen LogP contribution in [0.25, 0.3) is 22.4 Å². The van der Waals surface area contributed by atoms with Crippen LogP contribution in [0.5, 0.6) is 5.75 Å². The molecule has 0 radical (unpaired) electrons. The summed E-state index contributed by atoms with van der Waals surface area (Å²) >= 11 is 0. The molecule has 3 nitrogen and oxygen atoms in total. The summed E-state index contributed by atoms with van der Waals surface area (Å²) in [6.45, 7) is 2.62. The Labute approximate surface area is 195 Å². The van der Waals surface area contributed by atoms with Crippen LogP contribution in [0.15, 0.2) is 91.0 Å². The Balaban J connectivity index is 1.58. The van der Waals surface area contributed by atoms with Crippen molar-refractivity contribution >= 4 is 28.4 Å². The predicted octanol–water partition coefficient (Wildman–Crippen LogP) is 7.33. The lowest BCUT2D eigenvalue weighted by Gasteiger charge is -2.16. The van der Waals surface area contributed by atoms with E-state index in [1.165, 1.54) is 12.5 Å². The highest BCUT2D eigenvalue weighted by Gasteiger charge is 2.17. The fourth-order valence-electron chi connectivity index (χ4n) is 4.16. The van der Waals surface area contributed by atoms with Crippen LogP contribution in [-0.2, 0) is 4.74 Å². The molecule has 4 rings (SSSR count). The molecule has 3 heteroatoms. The molecule has 0 fully saturated rings. The smallest absolute Gasteiger partial charge is 0.338 e. The van der Waals surface area contributed by atoms with Gasteiger partial charge in [-0.05, 0) is 59.5 Å². The second kappa shape index (κ2) is 10.6. The Hall–Kier alpha value is -3.85. The molecule has 0 aromatic heterocycles. The molecule has 0 bridgehead atoms. The summed E-state index contributed by atoms with van der Waals surface area (Å²) in [6.07, 6.45) is 3.75. The number of rotatable bonds is 8. The molecule has 4 aromatic rings. The van der Waals surface area contributed by atoms with E-state index in [0.717, 1.165) is 46.2 Å². The first-order valence-corrected chi connectivity index (χ1v) is 11.2. The van der Waals surface area contributed by atoms with Crippen molar-refractivity contribution in [3.8, 4) is 5.75 Å². The standard InChI is InChI=1S/C30H28O3/c1-22-11-8-18-27(30(31)32-2)29(22)25(21-23-12-4-3-5-13-23)16-10-20-33-28-19-9-15-24-14-6-7-17-26(24)28/h3-9,11-15,17-19,21H,10,16,20H2,1-2H3/b25-21-. The molecule has 33 heavy (non-hydrogen) atoms. The Morgan fingerprint density at radius 2 is 1.58 bits per heavy atom. The average Bonchev–Trinajstić information content (AvgIpc) is 2.86. The monoisotopic (exact) mass is 436 g/mol. The number of hydrogen-bond donors (Lipinski definition) is 0. The fraction of sp³-hybridized carbons (Fsp3) is 0.167. The van der Waals surface area contributed by atoms with Gasteiger partial charge in [-0.15, -0.1) is 0 Å². The summed E-state index contributed by atoms with van der Waals surface area (Å²) in [4.78, 5) is 12.5. The molecule has 0 saturated carbocycles. The molecule has 0 unspecified atom stereocenters. The number of hydrogen-bond acceptors (Lipinski definition) is 3. The van der Waals surface area contributed by atoms with Gasteiger partial charge in [-0.25, -0.2) is 4.79 Å². The van der Waals surface area contributed by atoms with Gasteiger partial charge in [0.1, 0.15) is 5.75 Å². The average molecular weight is 437 g/mol. The number of esters is 1. The van der Waals surface area contributed by atoms with E-state index >= 15 is 0 Å². The topological polar surface area (TPSA) is 35.5 Å². The summed E-state index contributed by atoms with van der Waals surface area (Å²) in [5.41, 5.74) is 4.78. The van der Waals surface area contributed by atoms with E-state index in [4.69, 9.17) is 9.47 Å². The zero-order chi connectivity index (χ0) is 23.0. The maximum Gasteiger partial charge on any atom is 0.338 e. The molecule has 0 aliphatic rings. The van der Waals surface area contributed by atoms with Crippen LogP contribution in [0.4, 0.5) is 0 Å². The molecule has 166 valence electrons. The van der Waals surface area contributed by atoms with Gasteiger partial charge in [0.15, 0.2) is 0 Å². The highest BCUT2D eigenvalue weighted by molar-refractivity contribution is 5.98. The Kier molecular flexibility index (Phi) is 7.21. The third-order valence-electron chi connectivity index (χ3n) is 5.74. The van der Waals surface area contributed by atoms with Gasteiger partial charge in [0.05, 0.1) is 19.3 Å². The van der Waals surface area contributed by atoms with Gasteiger partial charge in [-0.2, -0.15) is 0 Å². The molecule has 0 heterocycles. The molecular formula is C30H28O3. The van der Waals surface area contributed by atoms with Crippen molar-refractivity contribution in [3.63, 3.8) is 0 Å². The fourth-order valence-corrected chi connectivity index (χ4v) is 4.16. The third kappa shape index (κ3) is 5.32. The normalized spacial score (nSPS) is 11.4. The van der Waals surface area contributed by atoms with E-state index in [1.54, 1.807) is 0 Å². The minimum Gasteiger partial charge on any atom is -0.493 e. The minimum atomic E-state index is -0.320. The molecule has 0 atom stereocenters. The van der Waals surface area contributed by atoms with Crippen molar-refractivity contribution in [2.75, 3.05) is 13.7 Å². The van der Waals surface area contributed by atoms with Crippen LogP contribution in [0.1, 0.15) is 39.9 Å². The number of methoxy groups -OCH3 is 1. The maximum atomic E-state index is 12.5. The molecule has 0 aliphatic carbocycles. The maximum absolute atomic E-state index is 12.5. The number of aryl methyl sites for hydroxylation is 1. The first-order chi connectivity index (χ1) is 16.2. The van der Waals surface area contributed by atoms with Gasteiger partial charge in [-0.1, -0.05) is 84.9 Å². The van der Waals surface area contributed by atoms with Crippen LogP contribution >= 0.6 is 0 Å². The van der Waals surface area contributed by atoms with Gasteiger partial charge in [-0.3, -0.25) is 0 Å². The zero-order valence-corrected chi connectivity index (χ0v) is 19.1. The summed E-state index contributed by atoms with van der Waals surface area (Å²) in [7, 11) is 1.42. The minimum absolute atomic E-state index is 0.320. The Bertz CT molecular complexity index is 1270. The van der Waals surface area contributed by atoms with Crippen LogP contribution in [0.3, 0.4) is 0 Å². The van der Waals surface area contributed by atoms with Crippen molar-refractivity contribution in [3.05, 3.63) is 113 Å². The van der Waals surface area contributed by atoms with E-state index in [1.807, 2.05) is 67.6 Å². The molecule has 0 N–H and O–H groups in total. The van der Waals surface area contributed by atoms with Crippen LogP contribution in [0, 0.1) is 6.92 Å². The van der Waals surface area contributed by atoms with Gasteiger partial charge in [0.25, 0.3) is 0 Å².